The van der Waals surface area contributed by atoms with E-state index in [2.05, 4.69) is 5.32 Å². The first kappa shape index (κ1) is 16.2. The summed E-state index contributed by atoms with van der Waals surface area (Å²) in [6.07, 6.45) is 0.432. The zero-order valence-electron chi connectivity index (χ0n) is 12.2. The minimum atomic E-state index is -0.681. The standard InChI is InChI=1S/C15H22N2O3/c1-15(2,3)20-13(18)10-17-14(19)12(16)9-11-7-5-4-6-8-11/h4-8,12H,9-10,16H2,1-3H3,(H,17,19). The fraction of sp³-hybridized carbons (Fsp3) is 0.467. The van der Waals surface area contributed by atoms with Gasteiger partial charge < -0.3 is 15.8 Å². The first-order chi connectivity index (χ1) is 9.28. The van der Waals surface area contributed by atoms with Crippen LogP contribution in [0.2, 0.25) is 0 Å². The van der Waals surface area contributed by atoms with Crippen molar-refractivity contribution in [2.45, 2.75) is 38.8 Å². The molecule has 0 aliphatic carbocycles. The molecule has 0 radical (unpaired) electrons. The predicted octanol–water partition coefficient (Wildman–Crippen LogP) is 1.01. The van der Waals surface area contributed by atoms with E-state index in [0.717, 1.165) is 5.56 Å². The Bertz CT molecular complexity index is 452. The lowest BCUT2D eigenvalue weighted by Gasteiger charge is -2.20. The molecule has 1 aromatic rings. The first-order valence-corrected chi connectivity index (χ1v) is 6.57. The van der Waals surface area contributed by atoms with Crippen LogP contribution in [0.25, 0.3) is 0 Å². The van der Waals surface area contributed by atoms with Crippen molar-refractivity contribution in [3.63, 3.8) is 0 Å². The molecule has 0 saturated heterocycles. The third kappa shape index (κ3) is 6.33. The number of hydrogen-bond acceptors (Lipinski definition) is 4. The monoisotopic (exact) mass is 278 g/mol. The number of carbonyl (C=O) groups is 2. The molecule has 0 bridgehead atoms. The van der Waals surface area contributed by atoms with E-state index in [1.807, 2.05) is 30.3 Å². The summed E-state index contributed by atoms with van der Waals surface area (Å²) < 4.78 is 5.09. The smallest absolute Gasteiger partial charge is 0.325 e. The highest BCUT2D eigenvalue weighted by atomic mass is 16.6. The van der Waals surface area contributed by atoms with Crippen molar-refractivity contribution >= 4 is 11.9 Å². The van der Waals surface area contributed by atoms with Crippen LogP contribution in [0.15, 0.2) is 30.3 Å². The zero-order valence-corrected chi connectivity index (χ0v) is 12.2. The van der Waals surface area contributed by atoms with Crippen LogP contribution in [0.4, 0.5) is 0 Å². The van der Waals surface area contributed by atoms with Gasteiger partial charge >= 0.3 is 5.97 Å². The van der Waals surface area contributed by atoms with Crippen LogP contribution in [0.3, 0.4) is 0 Å². The molecule has 0 fully saturated rings. The van der Waals surface area contributed by atoms with E-state index in [0.29, 0.717) is 6.42 Å². The van der Waals surface area contributed by atoms with E-state index < -0.39 is 17.6 Å². The van der Waals surface area contributed by atoms with Crippen molar-refractivity contribution in [3.05, 3.63) is 35.9 Å². The molecule has 5 nitrogen and oxygen atoms in total. The number of rotatable bonds is 5. The summed E-state index contributed by atoms with van der Waals surface area (Å²) in [5.41, 5.74) is 6.22. The van der Waals surface area contributed by atoms with Gasteiger partial charge in [0.2, 0.25) is 5.91 Å². The third-order valence-electron chi connectivity index (χ3n) is 2.46. The van der Waals surface area contributed by atoms with Gasteiger partial charge in [0.15, 0.2) is 0 Å². The van der Waals surface area contributed by atoms with Crippen LogP contribution in [0.5, 0.6) is 0 Å². The number of amides is 1. The number of esters is 1. The summed E-state index contributed by atoms with van der Waals surface area (Å²) in [6.45, 7) is 5.15. The molecule has 0 heterocycles. The molecule has 3 N–H and O–H groups in total. The third-order valence-corrected chi connectivity index (χ3v) is 2.46. The Morgan fingerprint density at radius 2 is 1.85 bits per heavy atom. The fourth-order valence-electron chi connectivity index (χ4n) is 1.63. The second-order valence-corrected chi connectivity index (χ2v) is 5.60. The molecule has 0 aromatic heterocycles. The lowest BCUT2D eigenvalue weighted by molar-refractivity contribution is -0.154. The van der Waals surface area contributed by atoms with Crippen LogP contribution in [-0.2, 0) is 20.7 Å². The van der Waals surface area contributed by atoms with Gasteiger partial charge in [-0.3, -0.25) is 9.59 Å². The summed E-state index contributed by atoms with van der Waals surface area (Å²) >= 11 is 0. The molecule has 5 heteroatoms. The number of benzene rings is 1. The minimum Gasteiger partial charge on any atom is -0.459 e. The van der Waals surface area contributed by atoms with Crippen molar-refractivity contribution in [1.29, 1.82) is 0 Å². The number of ether oxygens (including phenoxy) is 1. The van der Waals surface area contributed by atoms with Gasteiger partial charge in [0.05, 0.1) is 6.04 Å². The van der Waals surface area contributed by atoms with Gasteiger partial charge in [-0.05, 0) is 32.8 Å². The molecule has 1 atom stereocenters. The van der Waals surface area contributed by atoms with Gasteiger partial charge in [0.25, 0.3) is 0 Å². The van der Waals surface area contributed by atoms with Gasteiger partial charge in [-0.15, -0.1) is 0 Å². The second kappa shape index (κ2) is 7.05. The number of nitrogens with one attached hydrogen (secondary N) is 1. The summed E-state index contributed by atoms with van der Waals surface area (Å²) in [4.78, 5) is 23.2. The van der Waals surface area contributed by atoms with Gasteiger partial charge in [0.1, 0.15) is 12.1 Å². The molecule has 0 aliphatic heterocycles. The van der Waals surface area contributed by atoms with Crippen molar-refractivity contribution in [3.8, 4) is 0 Å². The van der Waals surface area contributed by atoms with E-state index in [-0.39, 0.29) is 12.5 Å². The number of nitrogens with two attached hydrogens (primary N) is 1. The highest BCUT2D eigenvalue weighted by molar-refractivity contribution is 5.85. The molecule has 0 aliphatic rings. The molecule has 1 rings (SSSR count). The largest absolute Gasteiger partial charge is 0.459 e. The van der Waals surface area contributed by atoms with E-state index >= 15 is 0 Å². The Kier molecular flexibility index (Phi) is 5.70. The normalized spacial score (nSPS) is 12.6. The lowest BCUT2D eigenvalue weighted by atomic mass is 10.1. The maximum absolute atomic E-state index is 11.8. The average molecular weight is 278 g/mol. The highest BCUT2D eigenvalue weighted by Crippen LogP contribution is 2.06. The molecular formula is C15H22N2O3. The Balaban J connectivity index is 2.37. The molecule has 1 aromatic carbocycles. The van der Waals surface area contributed by atoms with Crippen molar-refractivity contribution in [2.24, 2.45) is 5.73 Å². The van der Waals surface area contributed by atoms with Gasteiger partial charge in [0, 0.05) is 0 Å². The molecular weight excluding hydrogens is 256 g/mol. The van der Waals surface area contributed by atoms with Gasteiger partial charge in [-0.2, -0.15) is 0 Å². The van der Waals surface area contributed by atoms with Crippen molar-refractivity contribution in [1.82, 2.24) is 5.32 Å². The van der Waals surface area contributed by atoms with E-state index in [1.165, 1.54) is 0 Å². The van der Waals surface area contributed by atoms with E-state index in [9.17, 15) is 9.59 Å². The average Bonchev–Trinajstić information content (AvgIpc) is 2.35. The number of hydrogen-bond donors (Lipinski definition) is 2. The summed E-state index contributed by atoms with van der Waals surface area (Å²) in [5.74, 6) is -0.836. The number of carbonyl (C=O) groups excluding carboxylic acids is 2. The van der Waals surface area contributed by atoms with E-state index in [4.69, 9.17) is 10.5 Å². The summed E-state index contributed by atoms with van der Waals surface area (Å²) in [6, 6.07) is 8.81. The maximum Gasteiger partial charge on any atom is 0.325 e. The Hall–Kier alpha value is -1.88. The summed E-state index contributed by atoms with van der Waals surface area (Å²) in [5, 5.41) is 2.49. The fourth-order valence-corrected chi connectivity index (χ4v) is 1.63. The molecule has 110 valence electrons. The topological polar surface area (TPSA) is 81.4 Å². The van der Waals surface area contributed by atoms with Crippen LogP contribution >= 0.6 is 0 Å². The maximum atomic E-state index is 11.8. The van der Waals surface area contributed by atoms with Crippen LogP contribution < -0.4 is 11.1 Å². The molecule has 20 heavy (non-hydrogen) atoms. The Morgan fingerprint density at radius 1 is 1.25 bits per heavy atom. The zero-order chi connectivity index (χ0) is 15.2. The molecule has 0 saturated carbocycles. The van der Waals surface area contributed by atoms with Crippen LogP contribution in [-0.4, -0.2) is 30.1 Å². The Labute approximate surface area is 119 Å². The SMILES string of the molecule is CC(C)(C)OC(=O)CNC(=O)C(N)Cc1ccccc1. The lowest BCUT2D eigenvalue weighted by Crippen LogP contribution is -2.44. The van der Waals surface area contributed by atoms with Crippen molar-refractivity contribution < 1.29 is 14.3 Å². The molecule has 0 spiro atoms. The molecule has 1 amide bonds. The van der Waals surface area contributed by atoms with Crippen LogP contribution in [0.1, 0.15) is 26.3 Å². The first-order valence-electron chi connectivity index (χ1n) is 6.57. The predicted molar refractivity (Wildman–Crippen MR) is 77.0 cm³/mol. The van der Waals surface area contributed by atoms with Gasteiger partial charge in [-0.25, -0.2) is 0 Å². The van der Waals surface area contributed by atoms with E-state index in [1.54, 1.807) is 20.8 Å². The van der Waals surface area contributed by atoms with Crippen LogP contribution in [0, 0.1) is 0 Å². The Morgan fingerprint density at radius 3 is 2.40 bits per heavy atom. The van der Waals surface area contributed by atoms with Crippen molar-refractivity contribution in [2.75, 3.05) is 6.54 Å². The quantitative estimate of drug-likeness (QED) is 0.788. The van der Waals surface area contributed by atoms with Gasteiger partial charge in [-0.1, -0.05) is 30.3 Å². The minimum absolute atomic E-state index is 0.168. The summed E-state index contributed by atoms with van der Waals surface area (Å²) in [7, 11) is 0. The second-order valence-electron chi connectivity index (χ2n) is 5.60. The molecule has 1 unspecified atom stereocenters. The highest BCUT2D eigenvalue weighted by Gasteiger charge is 2.19.